The summed E-state index contributed by atoms with van der Waals surface area (Å²) in [6.07, 6.45) is 6.48. The van der Waals surface area contributed by atoms with Gasteiger partial charge in [-0.2, -0.15) is 0 Å². The molecule has 0 radical (unpaired) electrons. The monoisotopic (exact) mass is 706 g/mol. The number of nitrogens with zero attached hydrogens (tertiary/aromatic N) is 4. The van der Waals surface area contributed by atoms with E-state index in [9.17, 15) is 9.59 Å². The third kappa shape index (κ3) is 6.21. The number of aryl methyl sites for hydroxylation is 2. The van der Waals surface area contributed by atoms with Gasteiger partial charge in [-0.25, -0.2) is 19.6 Å². The lowest BCUT2D eigenvalue weighted by atomic mass is 9.86. The van der Waals surface area contributed by atoms with Crippen molar-refractivity contribution in [2.45, 2.75) is 136 Å². The average molecular weight is 707 g/mol. The van der Waals surface area contributed by atoms with E-state index >= 15 is 0 Å². The molecule has 274 valence electrons. The first-order chi connectivity index (χ1) is 24.6. The van der Waals surface area contributed by atoms with E-state index in [1.165, 1.54) is 5.56 Å². The SMILES string of the molecule is CC1CCC(c2ncc(-c3ccc4c(c3)COc3cc5c(cc3-4)CCc3[nH]c(C4CCC(C)N4C(=O)OC(C)(C)C)nc3-5)[nH]2)N1C(=O)OC(C)(C)C. The van der Waals surface area contributed by atoms with E-state index in [0.29, 0.717) is 6.61 Å². The summed E-state index contributed by atoms with van der Waals surface area (Å²) in [4.78, 5) is 47.0. The van der Waals surface area contributed by atoms with Gasteiger partial charge < -0.3 is 24.2 Å². The van der Waals surface area contributed by atoms with E-state index in [4.69, 9.17) is 24.2 Å². The van der Waals surface area contributed by atoms with Gasteiger partial charge in [-0.1, -0.05) is 12.1 Å². The molecule has 2 aromatic carbocycles. The van der Waals surface area contributed by atoms with Crippen LogP contribution >= 0.6 is 0 Å². The number of likely N-dealkylation sites (tertiary alicyclic amines) is 2. The minimum Gasteiger partial charge on any atom is -0.488 e. The van der Waals surface area contributed by atoms with Crippen molar-refractivity contribution in [2.24, 2.45) is 0 Å². The number of ether oxygens (including phenoxy) is 3. The highest BCUT2D eigenvalue weighted by Gasteiger charge is 2.41. The maximum atomic E-state index is 13.2. The maximum Gasteiger partial charge on any atom is 0.411 e. The Morgan fingerprint density at radius 1 is 0.769 bits per heavy atom. The number of nitrogens with one attached hydrogen (secondary N) is 2. The van der Waals surface area contributed by atoms with E-state index < -0.39 is 11.2 Å². The van der Waals surface area contributed by atoms with Crippen molar-refractivity contribution < 1.29 is 23.8 Å². The van der Waals surface area contributed by atoms with Crippen LogP contribution in [0.4, 0.5) is 9.59 Å². The first-order valence-electron chi connectivity index (χ1n) is 18.7. The zero-order valence-corrected chi connectivity index (χ0v) is 31.6. The molecule has 0 spiro atoms. The molecule has 0 bridgehead atoms. The summed E-state index contributed by atoms with van der Waals surface area (Å²) < 4.78 is 17.9. The maximum absolute atomic E-state index is 13.2. The number of amides is 2. The quantitative estimate of drug-likeness (QED) is 0.218. The Labute approximate surface area is 305 Å². The van der Waals surface area contributed by atoms with Crippen LogP contribution in [-0.4, -0.2) is 65.2 Å². The number of rotatable bonds is 3. The van der Waals surface area contributed by atoms with Crippen LogP contribution < -0.4 is 4.74 Å². The lowest BCUT2D eigenvalue weighted by Gasteiger charge is -2.30. The van der Waals surface area contributed by atoms with E-state index in [1.54, 1.807) is 0 Å². The number of hydrogen-bond acceptors (Lipinski definition) is 7. The van der Waals surface area contributed by atoms with Gasteiger partial charge in [0.05, 0.1) is 29.7 Å². The van der Waals surface area contributed by atoms with Crippen molar-refractivity contribution in [1.29, 1.82) is 0 Å². The molecule has 52 heavy (non-hydrogen) atoms. The van der Waals surface area contributed by atoms with Crippen molar-refractivity contribution in [1.82, 2.24) is 29.7 Å². The molecule has 2 amide bonds. The van der Waals surface area contributed by atoms with E-state index in [-0.39, 0.29) is 36.4 Å². The van der Waals surface area contributed by atoms with Crippen LogP contribution in [0.2, 0.25) is 0 Å². The molecule has 4 atom stereocenters. The Kier molecular flexibility index (Phi) is 8.19. The van der Waals surface area contributed by atoms with Gasteiger partial charge in [-0.05, 0) is 134 Å². The number of imidazole rings is 2. The molecule has 8 rings (SSSR count). The highest BCUT2D eigenvalue weighted by Crippen LogP contribution is 2.46. The zero-order valence-electron chi connectivity index (χ0n) is 31.6. The predicted octanol–water partition coefficient (Wildman–Crippen LogP) is 9.05. The third-order valence-corrected chi connectivity index (χ3v) is 10.8. The van der Waals surface area contributed by atoms with Gasteiger partial charge in [-0.3, -0.25) is 9.80 Å². The number of H-pyrrole nitrogens is 2. The minimum absolute atomic E-state index is 0.0763. The van der Waals surface area contributed by atoms with Crippen LogP contribution in [-0.2, 0) is 28.9 Å². The second-order valence-corrected chi connectivity index (χ2v) is 17.0. The standard InChI is InChI=1S/C41H50N6O5/c1-22-9-15-32(46(22)38(48)51-40(3,4)5)36-42-20-31(44-36)25-11-13-27-26(17-25)21-50-34-19-28-24(18-29(27)34)12-14-30-35(28)45-37(43-30)33-16-10-23(2)47(33)39(49)52-41(6,7)8/h11,13,17-20,22-23,32-33H,9-10,12,14-16,21H2,1-8H3,(H,42,44)(H,43,45). The number of benzene rings is 2. The molecule has 1 aliphatic carbocycles. The van der Waals surface area contributed by atoms with Crippen molar-refractivity contribution in [3.8, 4) is 39.4 Å². The Bertz CT molecular complexity index is 2050. The molecular weight excluding hydrogens is 656 g/mol. The second kappa shape index (κ2) is 12.4. The lowest BCUT2D eigenvalue weighted by Crippen LogP contribution is -2.40. The summed E-state index contributed by atoms with van der Waals surface area (Å²) in [7, 11) is 0. The van der Waals surface area contributed by atoms with Gasteiger partial charge >= 0.3 is 12.2 Å². The molecule has 2 fully saturated rings. The molecular formula is C41H50N6O5. The van der Waals surface area contributed by atoms with Gasteiger partial charge in [0.1, 0.15) is 35.2 Å². The number of carbonyl (C=O) groups excluding carboxylic acids is 2. The summed E-state index contributed by atoms with van der Waals surface area (Å²) in [5, 5.41) is 0. The summed E-state index contributed by atoms with van der Waals surface area (Å²) in [6.45, 7) is 16.0. The molecule has 5 heterocycles. The van der Waals surface area contributed by atoms with Crippen LogP contribution in [0.3, 0.4) is 0 Å². The van der Waals surface area contributed by atoms with Crippen molar-refractivity contribution in [3.63, 3.8) is 0 Å². The summed E-state index contributed by atoms with van der Waals surface area (Å²) in [6, 6.07) is 10.7. The van der Waals surface area contributed by atoms with E-state index in [0.717, 1.165) is 101 Å². The smallest absolute Gasteiger partial charge is 0.411 e. The fraction of sp³-hybridized carbons (Fsp3) is 0.512. The molecule has 3 aliphatic heterocycles. The third-order valence-electron chi connectivity index (χ3n) is 10.8. The molecule has 2 saturated heterocycles. The highest BCUT2D eigenvalue weighted by molar-refractivity contribution is 5.83. The zero-order chi connectivity index (χ0) is 36.7. The summed E-state index contributed by atoms with van der Waals surface area (Å²) in [5.41, 5.74) is 8.55. The van der Waals surface area contributed by atoms with Crippen LogP contribution in [0.1, 0.15) is 122 Å². The van der Waals surface area contributed by atoms with Crippen molar-refractivity contribution >= 4 is 12.2 Å². The van der Waals surface area contributed by atoms with Crippen LogP contribution in [0, 0.1) is 0 Å². The van der Waals surface area contributed by atoms with Crippen molar-refractivity contribution in [3.05, 3.63) is 65.0 Å². The fourth-order valence-electron chi connectivity index (χ4n) is 8.33. The number of aromatic nitrogens is 4. The van der Waals surface area contributed by atoms with Crippen LogP contribution in [0.5, 0.6) is 5.75 Å². The lowest BCUT2D eigenvalue weighted by molar-refractivity contribution is 0.0140. The molecule has 4 aromatic rings. The Hall–Kier alpha value is -4.80. The second-order valence-electron chi connectivity index (χ2n) is 17.0. The van der Waals surface area contributed by atoms with Gasteiger partial charge in [0.15, 0.2) is 0 Å². The fourth-order valence-corrected chi connectivity index (χ4v) is 8.33. The Morgan fingerprint density at radius 2 is 1.42 bits per heavy atom. The number of carbonyl (C=O) groups is 2. The first kappa shape index (κ1) is 34.3. The van der Waals surface area contributed by atoms with Crippen LogP contribution in [0.25, 0.3) is 33.6 Å². The predicted molar refractivity (Wildman–Crippen MR) is 198 cm³/mol. The number of fused-ring (bicyclic) bond motifs is 6. The largest absolute Gasteiger partial charge is 0.488 e. The molecule has 2 aromatic heterocycles. The molecule has 2 N–H and O–H groups in total. The highest BCUT2D eigenvalue weighted by atomic mass is 16.6. The summed E-state index contributed by atoms with van der Waals surface area (Å²) in [5.74, 6) is 2.45. The minimum atomic E-state index is -0.562. The van der Waals surface area contributed by atoms with Gasteiger partial charge in [0, 0.05) is 28.9 Å². The normalized spacial score (nSPS) is 22.3. The first-order valence-corrected chi connectivity index (χ1v) is 18.7. The molecule has 11 heteroatoms. The average Bonchev–Trinajstić information content (AvgIpc) is 3.87. The van der Waals surface area contributed by atoms with Gasteiger partial charge in [-0.15, -0.1) is 0 Å². The molecule has 0 saturated carbocycles. The molecule has 4 unspecified atom stereocenters. The van der Waals surface area contributed by atoms with E-state index in [2.05, 4.69) is 54.1 Å². The number of hydrogen-bond donors (Lipinski definition) is 2. The number of aromatic amines is 2. The Morgan fingerprint density at radius 3 is 2.08 bits per heavy atom. The van der Waals surface area contributed by atoms with E-state index in [1.807, 2.05) is 57.5 Å². The molecule has 11 nitrogen and oxygen atoms in total. The molecule has 4 aliphatic rings. The van der Waals surface area contributed by atoms with Crippen LogP contribution in [0.15, 0.2) is 36.5 Å². The van der Waals surface area contributed by atoms with Crippen molar-refractivity contribution in [2.75, 3.05) is 0 Å². The Balaban J connectivity index is 1.04. The topological polar surface area (TPSA) is 126 Å². The van der Waals surface area contributed by atoms with Gasteiger partial charge in [0.2, 0.25) is 0 Å². The van der Waals surface area contributed by atoms with Gasteiger partial charge in [0.25, 0.3) is 0 Å². The summed E-state index contributed by atoms with van der Waals surface area (Å²) >= 11 is 0.